The van der Waals surface area contributed by atoms with Crippen LogP contribution in [0.2, 0.25) is 0 Å². The van der Waals surface area contributed by atoms with E-state index in [1.54, 1.807) is 19.0 Å². The molecule has 0 aliphatic carbocycles. The van der Waals surface area contributed by atoms with E-state index in [2.05, 4.69) is 4.90 Å². The van der Waals surface area contributed by atoms with E-state index in [4.69, 9.17) is 19.8 Å². The third-order valence-corrected chi connectivity index (χ3v) is 3.92. The van der Waals surface area contributed by atoms with Gasteiger partial charge in [-0.1, -0.05) is 0 Å². The van der Waals surface area contributed by atoms with E-state index >= 15 is 0 Å². The maximum Gasteiger partial charge on any atom is 0.414 e. The zero-order valence-corrected chi connectivity index (χ0v) is 12.2. The maximum absolute atomic E-state index is 12.1. The minimum atomic E-state index is -1.82. The van der Waals surface area contributed by atoms with Gasteiger partial charge in [0.2, 0.25) is 0 Å². The number of urea groups is 1. The van der Waals surface area contributed by atoms with Crippen LogP contribution in [-0.4, -0.2) is 88.6 Å². The highest BCUT2D eigenvalue weighted by atomic mass is 16.4. The second kappa shape index (κ2) is 6.08. The molecule has 2 N–H and O–H groups in total. The molecule has 9 nitrogen and oxygen atoms in total. The zero-order chi connectivity index (χ0) is 16.4. The summed E-state index contributed by atoms with van der Waals surface area (Å²) in [6, 6.07) is -0.176. The SMILES string of the molecule is CN1CCC2(CC1)C(=O)N(C)C(=O)N2C.O=C(O)C(=O)O. The van der Waals surface area contributed by atoms with Crippen molar-refractivity contribution in [3.8, 4) is 0 Å². The summed E-state index contributed by atoms with van der Waals surface area (Å²) in [7, 11) is 5.33. The van der Waals surface area contributed by atoms with Gasteiger partial charge in [-0.2, -0.15) is 0 Å². The fraction of sp³-hybridized carbons (Fsp3) is 0.667. The van der Waals surface area contributed by atoms with Gasteiger partial charge in [-0.3, -0.25) is 9.69 Å². The van der Waals surface area contributed by atoms with Crippen molar-refractivity contribution in [1.82, 2.24) is 14.7 Å². The summed E-state index contributed by atoms with van der Waals surface area (Å²) in [6.45, 7) is 1.74. The monoisotopic (exact) mass is 301 g/mol. The number of likely N-dealkylation sites (N-methyl/N-ethyl adjacent to an activating group) is 2. The molecule has 0 bridgehead atoms. The van der Waals surface area contributed by atoms with Crippen LogP contribution in [0.5, 0.6) is 0 Å². The Morgan fingerprint density at radius 3 is 1.71 bits per heavy atom. The quantitative estimate of drug-likeness (QED) is 0.441. The average molecular weight is 301 g/mol. The second-order valence-corrected chi connectivity index (χ2v) is 5.15. The molecule has 3 amide bonds. The van der Waals surface area contributed by atoms with Gasteiger partial charge in [-0.25, -0.2) is 14.4 Å². The molecule has 0 aromatic rings. The highest BCUT2D eigenvalue weighted by Gasteiger charge is 2.54. The average Bonchev–Trinajstić information content (AvgIpc) is 2.59. The van der Waals surface area contributed by atoms with Crippen molar-refractivity contribution in [3.05, 3.63) is 0 Å². The van der Waals surface area contributed by atoms with Gasteiger partial charge < -0.3 is 20.0 Å². The molecule has 2 saturated heterocycles. The molecule has 2 rings (SSSR count). The molecule has 0 unspecified atom stereocenters. The largest absolute Gasteiger partial charge is 0.473 e. The van der Waals surface area contributed by atoms with E-state index in [1.165, 1.54) is 4.90 Å². The Labute approximate surface area is 121 Å². The molecule has 0 saturated carbocycles. The van der Waals surface area contributed by atoms with E-state index in [0.717, 1.165) is 25.9 Å². The third kappa shape index (κ3) is 3.13. The van der Waals surface area contributed by atoms with Gasteiger partial charge in [0.15, 0.2) is 0 Å². The van der Waals surface area contributed by atoms with Crippen LogP contribution in [0.3, 0.4) is 0 Å². The Balaban J connectivity index is 0.000000315. The number of piperidine rings is 1. The summed E-state index contributed by atoms with van der Waals surface area (Å²) in [5.41, 5.74) is -0.557. The number of carbonyl (C=O) groups excluding carboxylic acids is 2. The Bertz CT molecular complexity index is 458. The summed E-state index contributed by atoms with van der Waals surface area (Å²) in [4.78, 5) is 47.0. The molecule has 1 spiro atoms. The van der Waals surface area contributed by atoms with Crippen LogP contribution in [0.4, 0.5) is 4.79 Å². The third-order valence-electron chi connectivity index (χ3n) is 3.92. The molecule has 9 heteroatoms. The molecule has 0 aromatic carbocycles. The van der Waals surface area contributed by atoms with Crippen molar-refractivity contribution < 1.29 is 29.4 Å². The first kappa shape index (κ1) is 16.9. The molecule has 0 radical (unpaired) electrons. The molecule has 2 aliphatic heterocycles. The van der Waals surface area contributed by atoms with Gasteiger partial charge in [0.25, 0.3) is 5.91 Å². The summed E-state index contributed by atoms with van der Waals surface area (Å²) >= 11 is 0. The molecule has 21 heavy (non-hydrogen) atoms. The van der Waals surface area contributed by atoms with Crippen LogP contribution in [0.1, 0.15) is 12.8 Å². The lowest BCUT2D eigenvalue weighted by molar-refractivity contribution is -0.159. The van der Waals surface area contributed by atoms with Crippen LogP contribution in [0, 0.1) is 0 Å². The number of hydrogen-bond donors (Lipinski definition) is 2. The van der Waals surface area contributed by atoms with Crippen molar-refractivity contribution >= 4 is 23.9 Å². The van der Waals surface area contributed by atoms with Gasteiger partial charge in [0.05, 0.1) is 0 Å². The van der Waals surface area contributed by atoms with Crippen molar-refractivity contribution in [2.24, 2.45) is 0 Å². The predicted octanol–water partition coefficient (Wildman–Crippen LogP) is -0.870. The van der Waals surface area contributed by atoms with Crippen LogP contribution < -0.4 is 0 Å². The first-order valence-corrected chi connectivity index (χ1v) is 6.34. The zero-order valence-electron chi connectivity index (χ0n) is 12.2. The number of hydrogen-bond acceptors (Lipinski definition) is 5. The Hall–Kier alpha value is -2.16. The van der Waals surface area contributed by atoms with Gasteiger partial charge in [-0.05, 0) is 19.9 Å². The maximum atomic E-state index is 12.1. The molecule has 2 aliphatic rings. The minimum absolute atomic E-state index is 0.0388. The number of rotatable bonds is 0. The molecule has 0 atom stereocenters. The van der Waals surface area contributed by atoms with Crippen molar-refractivity contribution in [2.75, 3.05) is 34.2 Å². The number of aliphatic carboxylic acids is 2. The van der Waals surface area contributed by atoms with E-state index in [9.17, 15) is 9.59 Å². The van der Waals surface area contributed by atoms with E-state index in [1.807, 2.05) is 7.05 Å². The number of carboxylic acid groups (broad SMARTS) is 2. The highest BCUT2D eigenvalue weighted by molar-refractivity contribution is 6.27. The summed E-state index contributed by atoms with van der Waals surface area (Å²) < 4.78 is 0. The van der Waals surface area contributed by atoms with Gasteiger partial charge in [0, 0.05) is 27.2 Å². The van der Waals surface area contributed by atoms with Crippen LogP contribution in [0.15, 0.2) is 0 Å². The molecule has 2 fully saturated rings. The number of likely N-dealkylation sites (tertiary alicyclic amines) is 1. The number of carbonyl (C=O) groups is 4. The van der Waals surface area contributed by atoms with Crippen LogP contribution in [0.25, 0.3) is 0 Å². The minimum Gasteiger partial charge on any atom is -0.473 e. The molecular weight excluding hydrogens is 282 g/mol. The lowest BCUT2D eigenvalue weighted by atomic mass is 9.86. The lowest BCUT2D eigenvalue weighted by Gasteiger charge is -2.39. The van der Waals surface area contributed by atoms with E-state index in [-0.39, 0.29) is 11.9 Å². The Morgan fingerprint density at radius 2 is 1.43 bits per heavy atom. The lowest BCUT2D eigenvalue weighted by Crippen LogP contribution is -2.54. The standard InChI is InChI=1S/C10H17N3O2.C2H2O4/c1-11-6-4-10(5-7-11)8(14)12(2)9(15)13(10)3;3-1(4)2(5)6/h4-7H2,1-3H3;(H,3,4)(H,5,6). The summed E-state index contributed by atoms with van der Waals surface area (Å²) in [5, 5.41) is 14.8. The van der Waals surface area contributed by atoms with E-state index in [0.29, 0.717) is 0 Å². The molecule has 118 valence electrons. The predicted molar refractivity (Wildman–Crippen MR) is 70.7 cm³/mol. The molecule has 2 heterocycles. The van der Waals surface area contributed by atoms with Crippen molar-refractivity contribution in [3.63, 3.8) is 0 Å². The smallest absolute Gasteiger partial charge is 0.414 e. The Kier molecular flexibility index (Phi) is 4.89. The van der Waals surface area contributed by atoms with Gasteiger partial charge in [0.1, 0.15) is 5.54 Å². The van der Waals surface area contributed by atoms with E-state index < -0.39 is 17.5 Å². The topological polar surface area (TPSA) is 118 Å². The first-order valence-electron chi connectivity index (χ1n) is 6.34. The summed E-state index contributed by atoms with van der Waals surface area (Å²) in [5.74, 6) is -3.69. The Morgan fingerprint density at radius 1 is 1.00 bits per heavy atom. The molecular formula is C12H19N3O6. The number of amides is 3. The normalized spacial score (nSPS) is 21.3. The first-order chi connectivity index (χ1) is 9.63. The second-order valence-electron chi connectivity index (χ2n) is 5.15. The number of carboxylic acids is 2. The summed E-state index contributed by atoms with van der Waals surface area (Å²) in [6.07, 6.45) is 1.49. The fourth-order valence-electron chi connectivity index (χ4n) is 2.49. The van der Waals surface area contributed by atoms with Gasteiger partial charge >= 0.3 is 18.0 Å². The van der Waals surface area contributed by atoms with Crippen molar-refractivity contribution in [1.29, 1.82) is 0 Å². The highest BCUT2D eigenvalue weighted by Crippen LogP contribution is 2.34. The number of nitrogens with zero attached hydrogens (tertiary/aromatic N) is 3. The van der Waals surface area contributed by atoms with Crippen LogP contribution >= 0.6 is 0 Å². The number of imide groups is 1. The van der Waals surface area contributed by atoms with Crippen LogP contribution in [-0.2, 0) is 14.4 Å². The van der Waals surface area contributed by atoms with Crippen molar-refractivity contribution in [2.45, 2.75) is 18.4 Å². The molecule has 0 aromatic heterocycles. The fourth-order valence-corrected chi connectivity index (χ4v) is 2.49. The van der Waals surface area contributed by atoms with Gasteiger partial charge in [-0.15, -0.1) is 0 Å².